The molecule has 0 spiro atoms. The molecule has 5 heterocycles. The molecule has 0 saturated carbocycles. The molecule has 0 bridgehead atoms. The highest BCUT2D eigenvalue weighted by molar-refractivity contribution is 6.13. The van der Waals surface area contributed by atoms with Crippen molar-refractivity contribution in [3.05, 3.63) is 151 Å². The van der Waals surface area contributed by atoms with E-state index in [9.17, 15) is 0 Å². The van der Waals surface area contributed by atoms with Gasteiger partial charge in [-0.05, 0) is 76.8 Å². The molecular weight excluding hydrogens is 570 g/mol. The summed E-state index contributed by atoms with van der Waals surface area (Å²) >= 11 is 0. The maximum absolute atomic E-state index is 6.83. The summed E-state index contributed by atoms with van der Waals surface area (Å²) in [4.78, 5) is 11.1. The number of furan rings is 2. The number of allylic oxidation sites excluding steroid dienone is 1. The molecular formula is C40H25N3O3. The van der Waals surface area contributed by atoms with Gasteiger partial charge in [-0.2, -0.15) is 0 Å². The van der Waals surface area contributed by atoms with E-state index in [0.29, 0.717) is 5.88 Å². The maximum Gasteiger partial charge on any atom is 0.207 e. The number of anilines is 2. The monoisotopic (exact) mass is 595 g/mol. The summed E-state index contributed by atoms with van der Waals surface area (Å²) in [6.45, 7) is 0. The Bertz CT molecular complexity index is 2470. The molecule has 218 valence electrons. The van der Waals surface area contributed by atoms with E-state index in [1.54, 1.807) is 12.4 Å². The summed E-state index contributed by atoms with van der Waals surface area (Å²) in [5, 5.41) is 4.84. The van der Waals surface area contributed by atoms with Crippen LogP contribution in [0.25, 0.3) is 55.1 Å². The topological polar surface area (TPSA) is 64.5 Å². The molecule has 1 aliphatic carbocycles. The molecule has 46 heavy (non-hydrogen) atoms. The van der Waals surface area contributed by atoms with E-state index < -0.39 is 0 Å². The zero-order valence-electron chi connectivity index (χ0n) is 24.5. The average Bonchev–Trinajstić information content (AvgIpc) is 3.84. The SMILES string of the molecule is C1=CC2c3c(c4ccccc4c4ccccc34)OC2C=C1N(c1ccc(-c2cc3ncccc3o2)cc1)c1cc2ncccc2o1. The van der Waals surface area contributed by atoms with E-state index in [1.807, 2.05) is 36.4 Å². The fraction of sp³-hybridized carbons (Fsp3) is 0.0500. The number of benzene rings is 4. The second-order valence-electron chi connectivity index (χ2n) is 11.7. The standard InChI is InChI=1S/C40H25N3O3/c1-3-9-29-27(7-1)28-8-2-4-10-30(28)40-39(29)31-18-17-26(21-37(31)46-40)43(38-23-33-35(45-38)12-6-20-42-33)25-15-13-24(14-16-25)36-22-32-34(44-36)11-5-19-41-32/h1-23,31,37H. The van der Waals surface area contributed by atoms with Crippen molar-refractivity contribution in [1.29, 1.82) is 0 Å². The molecule has 6 nitrogen and oxygen atoms in total. The minimum absolute atomic E-state index is 0.0940. The van der Waals surface area contributed by atoms with Gasteiger partial charge in [0.15, 0.2) is 11.2 Å². The third-order valence-corrected chi connectivity index (χ3v) is 9.12. The Hall–Kier alpha value is -6.14. The quantitative estimate of drug-likeness (QED) is 0.189. The Labute approximate surface area is 263 Å². The lowest BCUT2D eigenvalue weighted by Crippen LogP contribution is -2.24. The molecule has 4 aromatic heterocycles. The number of ether oxygens (including phenoxy) is 1. The Morgan fingerprint density at radius 2 is 1.30 bits per heavy atom. The van der Waals surface area contributed by atoms with Gasteiger partial charge in [-0.25, -0.2) is 0 Å². The number of hydrogen-bond donors (Lipinski definition) is 0. The minimum atomic E-state index is -0.170. The molecule has 0 radical (unpaired) electrons. The van der Waals surface area contributed by atoms with Crippen molar-refractivity contribution in [2.45, 2.75) is 12.0 Å². The first kappa shape index (κ1) is 25.2. The zero-order chi connectivity index (χ0) is 30.2. The van der Waals surface area contributed by atoms with Gasteiger partial charge in [-0.3, -0.25) is 14.9 Å². The van der Waals surface area contributed by atoms with E-state index in [4.69, 9.17) is 13.6 Å². The molecule has 0 saturated heterocycles. The normalized spacial score (nSPS) is 16.9. The summed E-state index contributed by atoms with van der Waals surface area (Å²) in [5.74, 6) is 2.51. The fourth-order valence-corrected chi connectivity index (χ4v) is 7.04. The fourth-order valence-electron chi connectivity index (χ4n) is 7.04. The molecule has 0 amide bonds. The van der Waals surface area contributed by atoms with Crippen LogP contribution in [0.15, 0.2) is 154 Å². The molecule has 4 aromatic carbocycles. The van der Waals surface area contributed by atoms with E-state index in [2.05, 4.69) is 106 Å². The predicted octanol–water partition coefficient (Wildman–Crippen LogP) is 10.1. The molecule has 6 heteroatoms. The van der Waals surface area contributed by atoms with Crippen LogP contribution in [0.2, 0.25) is 0 Å². The van der Waals surface area contributed by atoms with Gasteiger partial charge in [0.25, 0.3) is 0 Å². The lowest BCUT2D eigenvalue weighted by atomic mass is 9.86. The van der Waals surface area contributed by atoms with Crippen LogP contribution >= 0.6 is 0 Å². The largest absolute Gasteiger partial charge is 0.484 e. The first-order chi connectivity index (χ1) is 22.8. The second kappa shape index (κ2) is 9.68. The van der Waals surface area contributed by atoms with Crippen LogP contribution < -0.4 is 9.64 Å². The zero-order valence-corrected chi connectivity index (χ0v) is 24.5. The number of aromatic nitrogens is 2. The Balaban J connectivity index is 1.08. The van der Waals surface area contributed by atoms with Gasteiger partial charge in [0.05, 0.1) is 0 Å². The van der Waals surface area contributed by atoms with E-state index >= 15 is 0 Å². The summed E-state index contributed by atoms with van der Waals surface area (Å²) < 4.78 is 19.3. The smallest absolute Gasteiger partial charge is 0.207 e. The summed E-state index contributed by atoms with van der Waals surface area (Å²) in [5.41, 5.74) is 7.25. The van der Waals surface area contributed by atoms with Crippen molar-refractivity contribution in [3.63, 3.8) is 0 Å². The van der Waals surface area contributed by atoms with Gasteiger partial charge in [-0.1, -0.05) is 54.6 Å². The van der Waals surface area contributed by atoms with Crippen LogP contribution in [-0.4, -0.2) is 16.1 Å². The highest BCUT2D eigenvalue weighted by Crippen LogP contribution is 2.51. The van der Waals surface area contributed by atoms with Gasteiger partial charge in [0.1, 0.15) is 28.6 Å². The van der Waals surface area contributed by atoms with Crippen LogP contribution in [0.4, 0.5) is 11.6 Å². The van der Waals surface area contributed by atoms with Gasteiger partial charge in [-0.15, -0.1) is 0 Å². The molecule has 2 atom stereocenters. The van der Waals surface area contributed by atoms with E-state index in [1.165, 1.54) is 21.7 Å². The van der Waals surface area contributed by atoms with Crippen LogP contribution in [0.1, 0.15) is 11.5 Å². The summed E-state index contributed by atoms with van der Waals surface area (Å²) in [7, 11) is 0. The number of hydrogen-bond acceptors (Lipinski definition) is 6. The summed E-state index contributed by atoms with van der Waals surface area (Å²) in [6.07, 6.45) is 10.1. The van der Waals surface area contributed by atoms with Gasteiger partial charge >= 0.3 is 0 Å². The number of rotatable bonds is 4. The van der Waals surface area contributed by atoms with Crippen molar-refractivity contribution in [3.8, 4) is 17.1 Å². The Morgan fingerprint density at radius 1 is 0.630 bits per heavy atom. The summed E-state index contributed by atoms with van der Waals surface area (Å²) in [6, 6.07) is 37.1. The van der Waals surface area contributed by atoms with Crippen LogP contribution in [0.5, 0.6) is 5.75 Å². The van der Waals surface area contributed by atoms with E-state index in [-0.39, 0.29) is 12.0 Å². The van der Waals surface area contributed by atoms with Crippen LogP contribution in [0.3, 0.4) is 0 Å². The number of fused-ring (bicyclic) bond motifs is 10. The van der Waals surface area contributed by atoms with Crippen molar-refractivity contribution in [1.82, 2.24) is 9.97 Å². The van der Waals surface area contributed by atoms with Crippen molar-refractivity contribution in [2.24, 2.45) is 0 Å². The molecule has 2 unspecified atom stereocenters. The molecule has 10 rings (SSSR count). The first-order valence-corrected chi connectivity index (χ1v) is 15.4. The predicted molar refractivity (Wildman–Crippen MR) is 181 cm³/mol. The second-order valence-corrected chi connectivity index (χ2v) is 11.7. The van der Waals surface area contributed by atoms with Crippen LogP contribution in [0, 0.1) is 0 Å². The molecule has 2 aliphatic rings. The minimum Gasteiger partial charge on any atom is -0.484 e. The van der Waals surface area contributed by atoms with Crippen molar-refractivity contribution in [2.75, 3.05) is 4.90 Å². The van der Waals surface area contributed by atoms with Gasteiger partial charge in [0.2, 0.25) is 5.88 Å². The molecule has 1 aliphatic heterocycles. The van der Waals surface area contributed by atoms with Crippen molar-refractivity contribution >= 4 is 55.3 Å². The van der Waals surface area contributed by atoms with Gasteiger partial charge in [0, 0.05) is 58.3 Å². The Morgan fingerprint density at radius 3 is 2.04 bits per heavy atom. The maximum atomic E-state index is 6.83. The molecule has 8 aromatic rings. The third-order valence-electron chi connectivity index (χ3n) is 9.12. The molecule has 0 N–H and O–H groups in total. The highest BCUT2D eigenvalue weighted by Gasteiger charge is 2.37. The lowest BCUT2D eigenvalue weighted by Gasteiger charge is -2.28. The lowest BCUT2D eigenvalue weighted by molar-refractivity contribution is 0.270. The third kappa shape index (κ3) is 3.77. The van der Waals surface area contributed by atoms with Gasteiger partial charge < -0.3 is 13.6 Å². The molecule has 0 fully saturated rings. The van der Waals surface area contributed by atoms with Crippen LogP contribution in [-0.2, 0) is 0 Å². The first-order valence-electron chi connectivity index (χ1n) is 15.4. The average molecular weight is 596 g/mol. The van der Waals surface area contributed by atoms with Crippen molar-refractivity contribution < 1.29 is 13.6 Å². The Kier molecular flexibility index (Phi) is 5.31. The number of nitrogens with zero attached hydrogens (tertiary/aromatic N) is 3. The highest BCUT2D eigenvalue weighted by atomic mass is 16.5. The number of pyridine rings is 2. The van der Waals surface area contributed by atoms with E-state index in [0.717, 1.165) is 56.0 Å².